The third-order valence-electron chi connectivity index (χ3n) is 3.25. The van der Waals surface area contributed by atoms with E-state index in [2.05, 4.69) is 11.9 Å². The number of hydrogen-bond acceptors (Lipinski definition) is 1. The third-order valence-corrected chi connectivity index (χ3v) is 3.25. The molecule has 0 radical (unpaired) electrons. The molecule has 1 aromatic rings. The van der Waals surface area contributed by atoms with E-state index in [1.165, 1.54) is 6.07 Å². The summed E-state index contributed by atoms with van der Waals surface area (Å²) in [6.07, 6.45) is -2.76. The first-order valence-corrected chi connectivity index (χ1v) is 6.22. The van der Waals surface area contributed by atoms with Gasteiger partial charge in [0.05, 0.1) is 5.56 Å². The Labute approximate surface area is 115 Å². The summed E-state index contributed by atoms with van der Waals surface area (Å²) in [5.41, 5.74) is -0.0304. The fourth-order valence-electron chi connectivity index (χ4n) is 2.10. The van der Waals surface area contributed by atoms with Crippen LogP contribution < -0.4 is 5.32 Å². The van der Waals surface area contributed by atoms with E-state index < -0.39 is 11.7 Å². The molecule has 20 heavy (non-hydrogen) atoms. The molecule has 1 fully saturated rings. The quantitative estimate of drug-likeness (QED) is 0.850. The van der Waals surface area contributed by atoms with E-state index in [-0.39, 0.29) is 11.9 Å². The predicted molar refractivity (Wildman–Crippen MR) is 69.4 cm³/mol. The van der Waals surface area contributed by atoms with Gasteiger partial charge in [0.25, 0.3) is 0 Å². The highest BCUT2D eigenvalue weighted by Gasteiger charge is 2.34. The van der Waals surface area contributed by atoms with Gasteiger partial charge in [-0.3, -0.25) is 0 Å². The molecule has 1 heterocycles. The van der Waals surface area contributed by atoms with Crippen molar-refractivity contribution in [3.05, 3.63) is 48.0 Å². The van der Waals surface area contributed by atoms with Crippen molar-refractivity contribution in [3.8, 4) is 0 Å². The lowest BCUT2D eigenvalue weighted by atomic mass is 9.90. The summed E-state index contributed by atoms with van der Waals surface area (Å²) >= 11 is 0. The van der Waals surface area contributed by atoms with Crippen LogP contribution in [0, 0.1) is 0 Å². The molecule has 6 heteroatoms. The molecule has 0 unspecified atom stereocenters. The molecule has 2 amide bonds. The minimum Gasteiger partial charge on any atom is -0.335 e. The zero-order valence-corrected chi connectivity index (χ0v) is 10.8. The summed E-state index contributed by atoms with van der Waals surface area (Å²) < 4.78 is 37.8. The van der Waals surface area contributed by atoms with E-state index in [1.54, 1.807) is 17.0 Å². The van der Waals surface area contributed by atoms with Crippen LogP contribution in [0.1, 0.15) is 17.0 Å². The summed E-state index contributed by atoms with van der Waals surface area (Å²) in [5, 5.41) is 2.63. The van der Waals surface area contributed by atoms with Crippen molar-refractivity contribution in [1.29, 1.82) is 0 Å². The van der Waals surface area contributed by atoms with Gasteiger partial charge in [-0.25, -0.2) is 4.79 Å². The van der Waals surface area contributed by atoms with Gasteiger partial charge in [-0.15, -0.1) is 6.58 Å². The number of benzene rings is 1. The average Bonchev–Trinajstić information content (AvgIpc) is 2.34. The van der Waals surface area contributed by atoms with Crippen LogP contribution in [0.25, 0.3) is 0 Å². The summed E-state index contributed by atoms with van der Waals surface area (Å²) in [6.45, 7) is 4.74. The Morgan fingerprint density at radius 2 is 2.15 bits per heavy atom. The fraction of sp³-hybridized carbons (Fsp3) is 0.357. The van der Waals surface area contributed by atoms with Gasteiger partial charge in [0, 0.05) is 25.6 Å². The number of nitrogens with zero attached hydrogens (tertiary/aromatic N) is 1. The van der Waals surface area contributed by atoms with Crippen molar-refractivity contribution in [3.63, 3.8) is 0 Å². The van der Waals surface area contributed by atoms with E-state index in [1.807, 2.05) is 0 Å². The molecule has 0 saturated carbocycles. The minimum atomic E-state index is -4.33. The lowest BCUT2D eigenvalue weighted by molar-refractivity contribution is -0.137. The van der Waals surface area contributed by atoms with Crippen LogP contribution in [-0.4, -0.2) is 30.6 Å². The molecule has 0 bridgehead atoms. The van der Waals surface area contributed by atoms with Gasteiger partial charge in [-0.1, -0.05) is 24.3 Å². The highest BCUT2D eigenvalue weighted by molar-refractivity contribution is 5.75. The molecule has 0 atom stereocenters. The van der Waals surface area contributed by atoms with Gasteiger partial charge in [-0.05, 0) is 11.6 Å². The van der Waals surface area contributed by atoms with Crippen molar-refractivity contribution in [2.45, 2.75) is 12.1 Å². The Morgan fingerprint density at radius 1 is 1.45 bits per heavy atom. The van der Waals surface area contributed by atoms with Gasteiger partial charge < -0.3 is 10.2 Å². The van der Waals surface area contributed by atoms with E-state index in [4.69, 9.17) is 0 Å². The van der Waals surface area contributed by atoms with Gasteiger partial charge in [0.1, 0.15) is 0 Å². The van der Waals surface area contributed by atoms with Crippen LogP contribution in [0.15, 0.2) is 36.9 Å². The molecular weight excluding hydrogens is 269 g/mol. The lowest BCUT2D eigenvalue weighted by Gasteiger charge is -2.39. The highest BCUT2D eigenvalue weighted by Crippen LogP contribution is 2.33. The second-order valence-electron chi connectivity index (χ2n) is 4.70. The molecule has 0 aromatic heterocycles. The summed E-state index contributed by atoms with van der Waals surface area (Å²) in [5.74, 6) is -0.0354. The van der Waals surface area contributed by atoms with E-state index in [0.717, 1.165) is 12.1 Å². The van der Waals surface area contributed by atoms with Crippen molar-refractivity contribution in [2.24, 2.45) is 0 Å². The third kappa shape index (κ3) is 3.12. The Hall–Kier alpha value is -1.98. The molecule has 2 rings (SSSR count). The van der Waals surface area contributed by atoms with Crippen molar-refractivity contribution >= 4 is 6.03 Å². The van der Waals surface area contributed by atoms with Crippen molar-refractivity contribution in [1.82, 2.24) is 10.2 Å². The van der Waals surface area contributed by atoms with Crippen molar-refractivity contribution in [2.75, 3.05) is 19.6 Å². The van der Waals surface area contributed by atoms with Crippen LogP contribution in [0.4, 0.5) is 18.0 Å². The smallest absolute Gasteiger partial charge is 0.335 e. The molecule has 0 aliphatic carbocycles. The van der Waals surface area contributed by atoms with E-state index in [9.17, 15) is 18.0 Å². The van der Waals surface area contributed by atoms with E-state index >= 15 is 0 Å². The Balaban J connectivity index is 1.96. The number of urea groups is 1. The van der Waals surface area contributed by atoms with Gasteiger partial charge >= 0.3 is 12.2 Å². The Bertz CT molecular complexity index is 507. The minimum absolute atomic E-state index is 0.0354. The molecule has 1 aliphatic rings. The molecule has 1 saturated heterocycles. The molecule has 3 nitrogen and oxygen atoms in total. The van der Waals surface area contributed by atoms with Gasteiger partial charge in [0.15, 0.2) is 0 Å². The molecule has 1 aromatic carbocycles. The largest absolute Gasteiger partial charge is 0.416 e. The Kier molecular flexibility index (Phi) is 4.01. The Morgan fingerprint density at radius 3 is 2.75 bits per heavy atom. The molecule has 0 spiro atoms. The summed E-state index contributed by atoms with van der Waals surface area (Å²) in [7, 11) is 0. The predicted octanol–water partition coefficient (Wildman–Crippen LogP) is 3.00. The molecular formula is C14H15F3N2O. The maximum Gasteiger partial charge on any atom is 0.416 e. The zero-order chi connectivity index (χ0) is 14.8. The molecule has 108 valence electrons. The first kappa shape index (κ1) is 14.4. The number of amides is 2. The maximum absolute atomic E-state index is 12.6. The topological polar surface area (TPSA) is 32.3 Å². The number of carbonyl (C=O) groups is 1. The van der Waals surface area contributed by atoms with E-state index in [0.29, 0.717) is 25.2 Å². The van der Waals surface area contributed by atoms with Crippen LogP contribution in [0.5, 0.6) is 0 Å². The molecule has 1 N–H and O–H groups in total. The number of halogens is 3. The number of carbonyl (C=O) groups excluding carboxylic acids is 1. The van der Waals surface area contributed by atoms with Crippen LogP contribution in [0.2, 0.25) is 0 Å². The average molecular weight is 284 g/mol. The van der Waals surface area contributed by atoms with Crippen LogP contribution in [-0.2, 0) is 6.18 Å². The van der Waals surface area contributed by atoms with Gasteiger partial charge in [0.2, 0.25) is 0 Å². The lowest BCUT2D eigenvalue weighted by Crippen LogP contribution is -2.52. The molecule has 1 aliphatic heterocycles. The number of nitrogens with one attached hydrogen (secondary N) is 1. The summed E-state index contributed by atoms with van der Waals surface area (Å²) in [4.78, 5) is 13.1. The second kappa shape index (κ2) is 5.56. The maximum atomic E-state index is 12.6. The van der Waals surface area contributed by atoms with Crippen LogP contribution >= 0.6 is 0 Å². The normalized spacial score (nSPS) is 15.7. The second-order valence-corrected chi connectivity index (χ2v) is 4.70. The first-order chi connectivity index (χ1) is 9.41. The SMILES string of the molecule is C=CCNC(=O)N1CC(c2cccc(C(F)(F)F)c2)C1. The monoisotopic (exact) mass is 284 g/mol. The zero-order valence-electron chi connectivity index (χ0n) is 10.8. The number of rotatable bonds is 3. The standard InChI is InChI=1S/C14H15F3N2O/c1-2-6-18-13(20)19-8-11(9-19)10-4-3-5-12(7-10)14(15,16)17/h2-5,7,11H,1,6,8-9H2,(H,18,20). The number of likely N-dealkylation sites (tertiary alicyclic amines) is 1. The fourth-order valence-corrected chi connectivity index (χ4v) is 2.10. The number of hydrogen-bond donors (Lipinski definition) is 1. The highest BCUT2D eigenvalue weighted by atomic mass is 19.4. The van der Waals surface area contributed by atoms with Gasteiger partial charge in [-0.2, -0.15) is 13.2 Å². The summed E-state index contributed by atoms with van der Waals surface area (Å²) in [6, 6.07) is 5.06. The van der Waals surface area contributed by atoms with Crippen LogP contribution in [0.3, 0.4) is 0 Å². The first-order valence-electron chi connectivity index (χ1n) is 6.22. The van der Waals surface area contributed by atoms with Crippen molar-refractivity contribution < 1.29 is 18.0 Å². The number of alkyl halides is 3.